The quantitative estimate of drug-likeness (QED) is 0.826. The van der Waals surface area contributed by atoms with E-state index < -0.39 is 15.9 Å². The van der Waals surface area contributed by atoms with Crippen LogP contribution in [0, 0.1) is 0 Å². The maximum atomic E-state index is 11.7. The first-order chi connectivity index (χ1) is 7.92. The predicted molar refractivity (Wildman–Crippen MR) is 66.2 cm³/mol. The van der Waals surface area contributed by atoms with Crippen LogP contribution in [0.1, 0.15) is 5.56 Å². The van der Waals surface area contributed by atoms with Crippen molar-refractivity contribution in [2.75, 3.05) is 13.6 Å². The lowest BCUT2D eigenvalue weighted by molar-refractivity contribution is -0.118. The van der Waals surface area contributed by atoms with E-state index in [1.54, 1.807) is 24.3 Å². The van der Waals surface area contributed by atoms with Crippen molar-refractivity contribution < 1.29 is 13.2 Å². The molecule has 0 heterocycles. The molecule has 0 saturated heterocycles. The molecule has 0 bridgehead atoms. The summed E-state index contributed by atoms with van der Waals surface area (Å²) in [5.74, 6) is -0.691. The minimum atomic E-state index is -3.60. The molecule has 0 unspecified atom stereocenters. The minimum Gasteiger partial charge on any atom is -0.369 e. The van der Waals surface area contributed by atoms with Gasteiger partial charge in [-0.05, 0) is 11.6 Å². The average Bonchev–Trinajstić information content (AvgIpc) is 2.27. The maximum absolute atomic E-state index is 11.7. The van der Waals surface area contributed by atoms with Crippen LogP contribution >= 0.6 is 0 Å². The average molecular weight is 254 g/mol. The van der Waals surface area contributed by atoms with Gasteiger partial charge in [-0.25, -0.2) is 8.42 Å². The first kappa shape index (κ1) is 13.4. The molecule has 6 heteroatoms. The van der Waals surface area contributed by atoms with Crippen LogP contribution in [0.5, 0.6) is 0 Å². The summed E-state index contributed by atoms with van der Waals surface area (Å²) in [6.07, 6.45) is 1.47. The van der Waals surface area contributed by atoms with Crippen LogP contribution < -0.4 is 5.73 Å². The van der Waals surface area contributed by atoms with Gasteiger partial charge in [0.25, 0.3) is 0 Å². The number of carbonyl (C=O) groups excluding carboxylic acids is 1. The monoisotopic (exact) mass is 254 g/mol. The predicted octanol–water partition coefficient (Wildman–Crippen LogP) is 0.404. The van der Waals surface area contributed by atoms with Crippen molar-refractivity contribution in [3.63, 3.8) is 0 Å². The van der Waals surface area contributed by atoms with Crippen molar-refractivity contribution in [3.05, 3.63) is 41.3 Å². The Labute approximate surface area is 101 Å². The molecule has 5 nitrogen and oxygen atoms in total. The van der Waals surface area contributed by atoms with Crippen LogP contribution in [0.25, 0.3) is 6.08 Å². The number of rotatable bonds is 5. The number of primary amides is 1. The molecule has 1 rings (SSSR count). The smallest absolute Gasteiger partial charge is 0.236 e. The van der Waals surface area contributed by atoms with Gasteiger partial charge < -0.3 is 5.73 Å². The number of amides is 1. The molecule has 1 aromatic rings. The molecule has 0 radical (unpaired) electrons. The standard InChI is InChI=1S/C11H14N2O3S/c1-13(9-11(12)14)17(15,16)8-7-10-5-3-2-4-6-10/h2-8H,9H2,1H3,(H2,12,14). The van der Waals surface area contributed by atoms with Gasteiger partial charge in [0.05, 0.1) is 6.54 Å². The van der Waals surface area contributed by atoms with Crippen molar-refractivity contribution in [1.29, 1.82) is 0 Å². The highest BCUT2D eigenvalue weighted by molar-refractivity contribution is 7.92. The topological polar surface area (TPSA) is 80.5 Å². The molecule has 1 aromatic carbocycles. The number of hydrogen-bond donors (Lipinski definition) is 1. The Morgan fingerprint density at radius 2 is 1.94 bits per heavy atom. The Hall–Kier alpha value is -1.66. The second-order valence-corrected chi connectivity index (χ2v) is 5.41. The molecule has 0 atom stereocenters. The fourth-order valence-corrected chi connectivity index (χ4v) is 1.99. The third kappa shape index (κ3) is 4.38. The first-order valence-electron chi connectivity index (χ1n) is 4.89. The molecule has 0 aliphatic carbocycles. The van der Waals surface area contributed by atoms with E-state index in [-0.39, 0.29) is 6.54 Å². The molecule has 1 amide bonds. The Bertz CT molecular complexity index is 509. The lowest BCUT2D eigenvalue weighted by Gasteiger charge is -2.11. The van der Waals surface area contributed by atoms with Crippen molar-refractivity contribution in [2.24, 2.45) is 5.73 Å². The molecular formula is C11H14N2O3S. The van der Waals surface area contributed by atoms with Gasteiger partial charge in [0.1, 0.15) is 0 Å². The van der Waals surface area contributed by atoms with E-state index in [4.69, 9.17) is 5.73 Å². The lowest BCUT2D eigenvalue weighted by atomic mass is 10.2. The summed E-state index contributed by atoms with van der Waals surface area (Å²) in [5.41, 5.74) is 5.70. The van der Waals surface area contributed by atoms with Gasteiger partial charge in [-0.1, -0.05) is 30.3 Å². The zero-order chi connectivity index (χ0) is 12.9. The van der Waals surface area contributed by atoms with Gasteiger partial charge in [-0.3, -0.25) is 4.79 Å². The second kappa shape index (κ2) is 5.60. The summed E-state index contributed by atoms with van der Waals surface area (Å²) in [6.45, 7) is -0.332. The van der Waals surface area contributed by atoms with Crippen LogP contribution in [0.3, 0.4) is 0 Å². The number of hydrogen-bond acceptors (Lipinski definition) is 3. The van der Waals surface area contributed by atoms with Gasteiger partial charge in [-0.2, -0.15) is 4.31 Å². The Morgan fingerprint density at radius 1 is 1.35 bits per heavy atom. The third-order valence-electron chi connectivity index (χ3n) is 2.04. The van der Waals surface area contributed by atoms with Crippen molar-refractivity contribution in [2.45, 2.75) is 0 Å². The van der Waals surface area contributed by atoms with Crippen LogP contribution in [-0.2, 0) is 14.8 Å². The van der Waals surface area contributed by atoms with Crippen molar-refractivity contribution in [3.8, 4) is 0 Å². The lowest BCUT2D eigenvalue weighted by Crippen LogP contribution is -2.34. The highest BCUT2D eigenvalue weighted by Gasteiger charge is 2.15. The van der Waals surface area contributed by atoms with Gasteiger partial charge in [0.2, 0.25) is 15.9 Å². The molecule has 92 valence electrons. The number of nitrogens with two attached hydrogens (primary N) is 1. The van der Waals surface area contributed by atoms with Crippen LogP contribution in [0.2, 0.25) is 0 Å². The van der Waals surface area contributed by atoms with Crippen molar-refractivity contribution in [1.82, 2.24) is 4.31 Å². The molecule has 0 saturated carbocycles. The van der Waals surface area contributed by atoms with E-state index in [9.17, 15) is 13.2 Å². The Kier molecular flexibility index (Phi) is 4.42. The van der Waals surface area contributed by atoms with Gasteiger partial charge in [0.15, 0.2) is 0 Å². The second-order valence-electron chi connectivity index (χ2n) is 3.48. The zero-order valence-corrected chi connectivity index (χ0v) is 10.2. The SMILES string of the molecule is CN(CC(N)=O)S(=O)(=O)C=Cc1ccccc1. The molecule has 0 aromatic heterocycles. The molecule has 0 aliphatic rings. The summed E-state index contributed by atoms with van der Waals surface area (Å²) < 4.78 is 24.2. The van der Waals surface area contributed by atoms with Gasteiger partial charge in [-0.15, -0.1) is 0 Å². The fraction of sp³-hybridized carbons (Fsp3) is 0.182. The summed E-state index contributed by atoms with van der Waals surface area (Å²) >= 11 is 0. The van der Waals surface area contributed by atoms with E-state index in [2.05, 4.69) is 0 Å². The summed E-state index contributed by atoms with van der Waals surface area (Å²) in [4.78, 5) is 10.6. The largest absolute Gasteiger partial charge is 0.369 e. The van der Waals surface area contributed by atoms with E-state index in [1.165, 1.54) is 13.1 Å². The van der Waals surface area contributed by atoms with Crippen LogP contribution in [-0.4, -0.2) is 32.2 Å². The van der Waals surface area contributed by atoms with Crippen LogP contribution in [0.4, 0.5) is 0 Å². The third-order valence-corrected chi connectivity index (χ3v) is 3.52. The molecular weight excluding hydrogens is 240 g/mol. The van der Waals surface area contributed by atoms with E-state index >= 15 is 0 Å². The summed E-state index contributed by atoms with van der Waals surface area (Å²) in [5, 5.41) is 1.05. The summed E-state index contributed by atoms with van der Waals surface area (Å²) in [7, 11) is -2.30. The zero-order valence-electron chi connectivity index (χ0n) is 9.41. The fourth-order valence-electron chi connectivity index (χ4n) is 1.14. The maximum Gasteiger partial charge on any atom is 0.236 e. The Morgan fingerprint density at radius 3 is 2.47 bits per heavy atom. The molecule has 17 heavy (non-hydrogen) atoms. The van der Waals surface area contributed by atoms with E-state index in [0.29, 0.717) is 0 Å². The van der Waals surface area contributed by atoms with Gasteiger partial charge >= 0.3 is 0 Å². The number of nitrogens with zero attached hydrogens (tertiary/aromatic N) is 1. The van der Waals surface area contributed by atoms with E-state index in [1.807, 2.05) is 6.07 Å². The molecule has 2 N–H and O–H groups in total. The highest BCUT2D eigenvalue weighted by Crippen LogP contribution is 2.05. The van der Waals surface area contributed by atoms with Crippen LogP contribution in [0.15, 0.2) is 35.7 Å². The number of sulfonamides is 1. The number of carbonyl (C=O) groups is 1. The Balaban J connectivity index is 2.80. The van der Waals surface area contributed by atoms with Crippen molar-refractivity contribution >= 4 is 22.0 Å². The minimum absolute atomic E-state index is 0.332. The van der Waals surface area contributed by atoms with Gasteiger partial charge in [0, 0.05) is 12.5 Å². The normalized spacial score (nSPS) is 12.1. The molecule has 0 aliphatic heterocycles. The molecule has 0 fully saturated rings. The molecule has 0 spiro atoms. The van der Waals surface area contributed by atoms with E-state index in [0.717, 1.165) is 15.3 Å². The number of likely N-dealkylation sites (N-methyl/N-ethyl adjacent to an activating group) is 1. The summed E-state index contributed by atoms with van der Waals surface area (Å²) in [6, 6.07) is 9.00. The highest BCUT2D eigenvalue weighted by atomic mass is 32.2. The number of benzene rings is 1. The first-order valence-corrected chi connectivity index (χ1v) is 6.40.